The van der Waals surface area contributed by atoms with Crippen LogP contribution in [-0.2, 0) is 22.6 Å². The molecule has 188 valence electrons. The van der Waals surface area contributed by atoms with E-state index in [0.717, 1.165) is 10.1 Å². The van der Waals surface area contributed by atoms with Crippen LogP contribution in [0.1, 0.15) is 12.5 Å². The summed E-state index contributed by atoms with van der Waals surface area (Å²) in [7, 11) is 1.32. The third-order valence-electron chi connectivity index (χ3n) is 5.40. The normalized spacial score (nSPS) is 17.7. The number of esters is 1. The fourth-order valence-corrected chi connectivity index (χ4v) is 3.64. The van der Waals surface area contributed by atoms with E-state index in [1.165, 1.54) is 11.7 Å². The molecular weight excluding hydrogens is 488 g/mol. The standard InChI is InChI=1S/C24H25ClN6O5/c1-3-30-23(33)27-22(31(24(30)34)14-15-4-6-16(25)7-5-15)26-17-8-10-18(11-9-17)36-20-13-12-19(28-29-20)21(32)35-2/h4-13,19-20,28-29H,3,14H2,1-2H3,(H,26,27,33). The van der Waals surface area contributed by atoms with Gasteiger partial charge in [0.05, 0.1) is 19.3 Å². The smallest absolute Gasteiger partial charge is 0.335 e. The molecule has 2 heterocycles. The number of aromatic nitrogens is 3. The lowest BCUT2D eigenvalue weighted by atomic mass is 10.2. The Kier molecular flexibility index (Phi) is 7.84. The number of nitrogens with zero attached hydrogens (tertiary/aromatic N) is 3. The van der Waals surface area contributed by atoms with E-state index in [2.05, 4.69) is 25.6 Å². The third-order valence-corrected chi connectivity index (χ3v) is 5.65. The number of carbonyl (C=O) groups is 1. The molecule has 1 aromatic heterocycles. The van der Waals surface area contributed by atoms with Gasteiger partial charge in [0.1, 0.15) is 11.8 Å². The Morgan fingerprint density at radius 3 is 2.36 bits per heavy atom. The van der Waals surface area contributed by atoms with Crippen LogP contribution in [0.4, 0.5) is 5.69 Å². The minimum atomic E-state index is -0.596. The van der Waals surface area contributed by atoms with Gasteiger partial charge in [-0.25, -0.2) is 34.8 Å². The van der Waals surface area contributed by atoms with Crippen molar-refractivity contribution in [3.05, 3.63) is 97.9 Å². The van der Waals surface area contributed by atoms with E-state index in [-0.39, 0.29) is 18.7 Å². The molecule has 0 aliphatic carbocycles. The summed E-state index contributed by atoms with van der Waals surface area (Å²) in [6, 6.07) is 13.3. The topological polar surface area (TPSA) is 132 Å². The first-order valence-electron chi connectivity index (χ1n) is 11.1. The molecule has 11 nitrogen and oxygen atoms in total. The number of methoxy groups -OCH3 is 1. The maximum atomic E-state index is 13.0. The monoisotopic (exact) mass is 512 g/mol. The predicted molar refractivity (Wildman–Crippen MR) is 133 cm³/mol. The highest BCUT2D eigenvalue weighted by molar-refractivity contribution is 6.30. The van der Waals surface area contributed by atoms with Gasteiger partial charge in [0.15, 0.2) is 6.23 Å². The lowest BCUT2D eigenvalue weighted by Gasteiger charge is -2.24. The molecule has 4 rings (SSSR count). The van der Waals surface area contributed by atoms with Crippen LogP contribution >= 0.6 is 11.6 Å². The first-order valence-corrected chi connectivity index (χ1v) is 11.5. The Morgan fingerprint density at radius 2 is 1.75 bits per heavy atom. The number of carbonyl (C=O) groups excluding carboxylic acids is 1. The van der Waals surface area contributed by atoms with Crippen LogP contribution in [0, 0.1) is 0 Å². The molecule has 0 saturated carbocycles. The number of hydrazine groups is 1. The SMILES string of the molecule is CCn1c(=O)[nH]/c(=N\c2ccc(OC3C=CC(C(=O)OC)NN3)cc2)n(Cc2ccc(Cl)cc2)c1=O. The largest absolute Gasteiger partial charge is 0.471 e. The van der Waals surface area contributed by atoms with Crippen molar-refractivity contribution in [1.29, 1.82) is 0 Å². The summed E-state index contributed by atoms with van der Waals surface area (Å²) < 4.78 is 13.0. The van der Waals surface area contributed by atoms with Crippen molar-refractivity contribution in [3.63, 3.8) is 0 Å². The summed E-state index contributed by atoms with van der Waals surface area (Å²) >= 11 is 5.97. The summed E-state index contributed by atoms with van der Waals surface area (Å²) in [6.45, 7) is 2.15. The van der Waals surface area contributed by atoms with Crippen molar-refractivity contribution in [2.45, 2.75) is 32.3 Å². The molecule has 0 spiro atoms. The van der Waals surface area contributed by atoms with Crippen LogP contribution in [0.5, 0.6) is 5.75 Å². The number of ether oxygens (including phenoxy) is 2. The Hall–Kier alpha value is -3.93. The molecule has 2 aromatic carbocycles. The molecular formula is C24H25ClN6O5. The van der Waals surface area contributed by atoms with Gasteiger partial charge in [-0.05, 0) is 55.0 Å². The van der Waals surface area contributed by atoms with E-state index in [0.29, 0.717) is 16.5 Å². The lowest BCUT2D eigenvalue weighted by molar-refractivity contribution is -0.142. The number of aromatic amines is 1. The van der Waals surface area contributed by atoms with Crippen molar-refractivity contribution in [3.8, 4) is 5.75 Å². The number of H-pyrrole nitrogens is 1. The maximum absolute atomic E-state index is 13.0. The second-order valence-electron chi connectivity index (χ2n) is 7.81. The summed E-state index contributed by atoms with van der Waals surface area (Å²) in [5.41, 5.74) is 6.12. The summed E-state index contributed by atoms with van der Waals surface area (Å²) in [5.74, 6) is 0.125. The Labute approximate surface area is 210 Å². The Morgan fingerprint density at radius 1 is 1.03 bits per heavy atom. The number of hydrogen-bond donors (Lipinski definition) is 3. The fraction of sp³-hybridized carbons (Fsp3) is 0.250. The number of halogens is 1. The highest BCUT2D eigenvalue weighted by atomic mass is 35.5. The molecule has 3 aromatic rings. The van der Waals surface area contributed by atoms with Crippen LogP contribution in [0.2, 0.25) is 5.02 Å². The number of hydrogen-bond acceptors (Lipinski definition) is 8. The van der Waals surface area contributed by atoms with E-state index < -0.39 is 29.6 Å². The molecule has 0 saturated heterocycles. The van der Waals surface area contributed by atoms with Gasteiger partial charge in [-0.3, -0.25) is 9.55 Å². The summed E-state index contributed by atoms with van der Waals surface area (Å²) in [5, 5.41) is 0.585. The minimum Gasteiger partial charge on any atom is -0.471 e. The number of benzene rings is 2. The van der Waals surface area contributed by atoms with Crippen molar-refractivity contribution in [2.75, 3.05) is 7.11 Å². The molecule has 3 N–H and O–H groups in total. The first kappa shape index (κ1) is 25.2. The van der Waals surface area contributed by atoms with Gasteiger partial charge in [0, 0.05) is 11.6 Å². The fourth-order valence-electron chi connectivity index (χ4n) is 3.52. The third kappa shape index (κ3) is 5.82. The van der Waals surface area contributed by atoms with E-state index in [9.17, 15) is 14.4 Å². The molecule has 2 atom stereocenters. The lowest BCUT2D eigenvalue weighted by Crippen LogP contribution is -2.53. The van der Waals surface area contributed by atoms with E-state index >= 15 is 0 Å². The average molecular weight is 513 g/mol. The molecule has 2 unspecified atom stereocenters. The first-order chi connectivity index (χ1) is 17.4. The predicted octanol–water partition coefficient (Wildman–Crippen LogP) is 1.20. The molecule has 12 heteroatoms. The van der Waals surface area contributed by atoms with Gasteiger partial charge in [-0.1, -0.05) is 29.8 Å². The molecule has 1 aliphatic rings. The maximum Gasteiger partial charge on any atom is 0.335 e. The second kappa shape index (κ2) is 11.2. The number of rotatable bonds is 7. The quantitative estimate of drug-likeness (QED) is 0.320. The molecule has 36 heavy (non-hydrogen) atoms. The van der Waals surface area contributed by atoms with Gasteiger partial charge >= 0.3 is 17.3 Å². The Balaban J connectivity index is 1.59. The van der Waals surface area contributed by atoms with E-state index in [1.54, 1.807) is 55.5 Å². The zero-order valence-corrected chi connectivity index (χ0v) is 20.4. The van der Waals surface area contributed by atoms with Crippen LogP contribution in [-0.4, -0.2) is 39.5 Å². The van der Waals surface area contributed by atoms with Gasteiger partial charge in [-0.15, -0.1) is 0 Å². The minimum absolute atomic E-state index is 0.119. The van der Waals surface area contributed by atoms with E-state index in [4.69, 9.17) is 16.3 Å². The Bertz CT molecular complexity index is 1440. The van der Waals surface area contributed by atoms with Crippen molar-refractivity contribution >= 4 is 23.3 Å². The average Bonchev–Trinajstić information content (AvgIpc) is 2.89. The molecule has 0 bridgehead atoms. The van der Waals surface area contributed by atoms with Crippen LogP contribution in [0.3, 0.4) is 0 Å². The second-order valence-corrected chi connectivity index (χ2v) is 8.25. The zero-order valence-electron chi connectivity index (χ0n) is 19.6. The number of nitrogens with one attached hydrogen (secondary N) is 3. The van der Waals surface area contributed by atoms with Gasteiger partial charge < -0.3 is 9.47 Å². The summed E-state index contributed by atoms with van der Waals surface area (Å²) in [6.07, 6.45) is 2.84. The van der Waals surface area contributed by atoms with Crippen LogP contribution < -0.4 is 32.6 Å². The van der Waals surface area contributed by atoms with Crippen LogP contribution in [0.25, 0.3) is 0 Å². The van der Waals surface area contributed by atoms with Crippen molar-refractivity contribution < 1.29 is 14.3 Å². The molecule has 0 radical (unpaired) electrons. The molecule has 0 fully saturated rings. The highest BCUT2D eigenvalue weighted by Crippen LogP contribution is 2.19. The van der Waals surface area contributed by atoms with E-state index in [1.807, 2.05) is 12.1 Å². The highest BCUT2D eigenvalue weighted by Gasteiger charge is 2.21. The van der Waals surface area contributed by atoms with Crippen molar-refractivity contribution in [2.24, 2.45) is 4.99 Å². The van der Waals surface area contributed by atoms with Crippen LogP contribution in [0.15, 0.2) is 75.3 Å². The summed E-state index contributed by atoms with van der Waals surface area (Å²) in [4.78, 5) is 44.2. The van der Waals surface area contributed by atoms with Gasteiger partial charge in [-0.2, -0.15) is 0 Å². The van der Waals surface area contributed by atoms with Crippen molar-refractivity contribution in [1.82, 2.24) is 25.0 Å². The molecule has 0 amide bonds. The zero-order chi connectivity index (χ0) is 25.7. The molecule has 1 aliphatic heterocycles. The van der Waals surface area contributed by atoms with Gasteiger partial charge in [0.2, 0.25) is 5.62 Å². The van der Waals surface area contributed by atoms with Gasteiger partial charge in [0.25, 0.3) is 0 Å².